The van der Waals surface area contributed by atoms with Crippen LogP contribution in [0.3, 0.4) is 0 Å². The van der Waals surface area contributed by atoms with Crippen molar-refractivity contribution >= 4 is 33.0 Å². The normalized spacial score (nSPS) is 17.2. The number of rotatable bonds is 5. The highest BCUT2D eigenvalue weighted by atomic mass is 32.2. The topological polar surface area (TPSA) is 92.3 Å². The predicted octanol–water partition coefficient (Wildman–Crippen LogP) is 4.42. The highest BCUT2D eigenvalue weighted by Crippen LogP contribution is 2.34. The van der Waals surface area contributed by atoms with Gasteiger partial charge in [-0.05, 0) is 69.0 Å². The molecule has 1 aliphatic heterocycles. The SMILES string of the molecule is Cc1cc(C)c(S(=O)(=O)N2CCCC(c3nnc(C(=O)Nc4ccc(F)cc4)s3)C2)c(C)c1. The van der Waals surface area contributed by atoms with E-state index >= 15 is 0 Å². The van der Waals surface area contributed by atoms with E-state index < -0.39 is 15.9 Å². The summed E-state index contributed by atoms with van der Waals surface area (Å²) >= 11 is 1.16. The molecule has 7 nitrogen and oxygen atoms in total. The third-order valence-electron chi connectivity index (χ3n) is 5.67. The van der Waals surface area contributed by atoms with Crippen molar-refractivity contribution in [2.75, 3.05) is 18.4 Å². The van der Waals surface area contributed by atoms with Gasteiger partial charge in [0.15, 0.2) is 0 Å². The van der Waals surface area contributed by atoms with Gasteiger partial charge in [0, 0.05) is 24.7 Å². The van der Waals surface area contributed by atoms with E-state index in [0.29, 0.717) is 35.1 Å². The zero-order valence-electron chi connectivity index (χ0n) is 18.6. The quantitative estimate of drug-likeness (QED) is 0.574. The van der Waals surface area contributed by atoms with Crippen LogP contribution in [0, 0.1) is 26.6 Å². The number of amides is 1. The van der Waals surface area contributed by atoms with Crippen LogP contribution < -0.4 is 5.32 Å². The smallest absolute Gasteiger partial charge is 0.286 e. The van der Waals surface area contributed by atoms with Crippen LogP contribution in [-0.2, 0) is 10.0 Å². The third-order valence-corrected chi connectivity index (χ3v) is 8.93. The molecule has 1 fully saturated rings. The fraction of sp³-hybridized carbons (Fsp3) is 0.348. The lowest BCUT2D eigenvalue weighted by molar-refractivity contribution is 0.102. The number of nitrogens with one attached hydrogen (secondary N) is 1. The van der Waals surface area contributed by atoms with Crippen molar-refractivity contribution in [3.05, 3.63) is 68.9 Å². The predicted molar refractivity (Wildman–Crippen MR) is 126 cm³/mol. The van der Waals surface area contributed by atoms with Gasteiger partial charge < -0.3 is 5.32 Å². The van der Waals surface area contributed by atoms with Crippen molar-refractivity contribution in [3.8, 4) is 0 Å². The number of sulfonamides is 1. The van der Waals surface area contributed by atoms with Gasteiger partial charge in [-0.25, -0.2) is 12.8 Å². The summed E-state index contributed by atoms with van der Waals surface area (Å²) in [6, 6.07) is 9.23. The second-order valence-electron chi connectivity index (χ2n) is 8.34. The Labute approximate surface area is 196 Å². The summed E-state index contributed by atoms with van der Waals surface area (Å²) in [6.45, 7) is 6.34. The van der Waals surface area contributed by atoms with Gasteiger partial charge in [-0.2, -0.15) is 4.31 Å². The Morgan fingerprint density at radius 2 is 1.79 bits per heavy atom. The lowest BCUT2D eigenvalue weighted by Gasteiger charge is -2.31. The number of anilines is 1. The Kier molecular flexibility index (Phi) is 6.60. The first-order valence-electron chi connectivity index (χ1n) is 10.6. The number of halogens is 1. The number of carbonyl (C=O) groups excluding carboxylic acids is 1. The summed E-state index contributed by atoms with van der Waals surface area (Å²) in [5.74, 6) is -0.958. The lowest BCUT2D eigenvalue weighted by atomic mass is 10.0. The molecule has 2 heterocycles. The van der Waals surface area contributed by atoms with E-state index in [1.54, 1.807) is 0 Å². The van der Waals surface area contributed by atoms with Crippen LogP contribution in [-0.4, -0.2) is 41.9 Å². The highest BCUT2D eigenvalue weighted by Gasteiger charge is 2.34. The molecule has 1 amide bonds. The number of aromatic nitrogens is 2. The molecular weight excluding hydrogens is 463 g/mol. The average Bonchev–Trinajstić information content (AvgIpc) is 3.25. The Bertz CT molecular complexity index is 1270. The number of benzene rings is 2. The zero-order valence-corrected chi connectivity index (χ0v) is 20.3. The van der Waals surface area contributed by atoms with Gasteiger partial charge in [0.05, 0.1) is 4.90 Å². The monoisotopic (exact) mass is 488 g/mol. The van der Waals surface area contributed by atoms with Gasteiger partial charge in [0.25, 0.3) is 5.91 Å². The van der Waals surface area contributed by atoms with Gasteiger partial charge in [0.1, 0.15) is 10.8 Å². The van der Waals surface area contributed by atoms with Crippen molar-refractivity contribution in [1.29, 1.82) is 0 Å². The standard InChI is InChI=1S/C23H25FN4O3S2/c1-14-11-15(2)20(16(3)12-14)33(30,31)28-10-4-5-17(13-28)22-26-27-23(32-22)21(29)25-19-8-6-18(24)7-9-19/h6-9,11-12,17H,4-5,10,13H2,1-3H3,(H,25,29). The number of hydrogen-bond acceptors (Lipinski definition) is 6. The van der Waals surface area contributed by atoms with Gasteiger partial charge in [-0.1, -0.05) is 29.0 Å². The molecule has 4 rings (SSSR count). The fourth-order valence-corrected chi connectivity index (χ4v) is 7.07. The molecule has 1 N–H and O–H groups in total. The zero-order chi connectivity index (χ0) is 23.8. The van der Waals surface area contributed by atoms with E-state index in [0.717, 1.165) is 34.4 Å². The van der Waals surface area contributed by atoms with Crippen LogP contribution in [0.1, 0.15) is 50.3 Å². The van der Waals surface area contributed by atoms with E-state index in [9.17, 15) is 17.6 Å². The summed E-state index contributed by atoms with van der Waals surface area (Å²) in [5.41, 5.74) is 2.97. The van der Waals surface area contributed by atoms with Gasteiger partial charge in [0.2, 0.25) is 15.0 Å². The molecule has 1 saturated heterocycles. The molecule has 1 aliphatic rings. The van der Waals surface area contributed by atoms with E-state index in [2.05, 4.69) is 15.5 Å². The molecule has 3 aromatic rings. The van der Waals surface area contributed by atoms with Crippen LogP contribution in [0.2, 0.25) is 0 Å². The minimum atomic E-state index is -3.65. The summed E-state index contributed by atoms with van der Waals surface area (Å²) in [7, 11) is -3.65. The van der Waals surface area contributed by atoms with E-state index in [4.69, 9.17) is 0 Å². The Balaban J connectivity index is 1.51. The largest absolute Gasteiger partial charge is 0.320 e. The molecule has 0 saturated carbocycles. The molecule has 33 heavy (non-hydrogen) atoms. The highest BCUT2D eigenvalue weighted by molar-refractivity contribution is 7.89. The molecule has 174 valence electrons. The maximum Gasteiger partial charge on any atom is 0.286 e. The number of aryl methyl sites for hydroxylation is 3. The Hall–Kier alpha value is -2.69. The molecule has 0 aliphatic carbocycles. The summed E-state index contributed by atoms with van der Waals surface area (Å²) in [4.78, 5) is 12.9. The summed E-state index contributed by atoms with van der Waals surface area (Å²) in [5, 5.41) is 11.7. The Morgan fingerprint density at radius 1 is 1.12 bits per heavy atom. The number of hydrogen-bond donors (Lipinski definition) is 1. The molecule has 1 unspecified atom stereocenters. The van der Waals surface area contributed by atoms with Gasteiger partial charge in [-0.3, -0.25) is 4.79 Å². The molecule has 0 spiro atoms. The third kappa shape index (κ3) is 4.97. The molecular formula is C23H25FN4O3S2. The van der Waals surface area contributed by atoms with Gasteiger partial charge >= 0.3 is 0 Å². The van der Waals surface area contributed by atoms with Crippen molar-refractivity contribution in [2.24, 2.45) is 0 Å². The molecule has 1 atom stereocenters. The van der Waals surface area contributed by atoms with Crippen LogP contribution >= 0.6 is 11.3 Å². The van der Waals surface area contributed by atoms with Crippen molar-refractivity contribution in [3.63, 3.8) is 0 Å². The van der Waals surface area contributed by atoms with E-state index in [1.165, 1.54) is 28.6 Å². The minimum absolute atomic E-state index is 0.135. The molecule has 10 heteroatoms. The lowest BCUT2D eigenvalue weighted by Crippen LogP contribution is -2.39. The van der Waals surface area contributed by atoms with Crippen molar-refractivity contribution in [2.45, 2.75) is 44.4 Å². The Morgan fingerprint density at radius 3 is 2.45 bits per heavy atom. The molecule has 0 bridgehead atoms. The maximum atomic E-state index is 13.5. The second kappa shape index (κ2) is 9.28. The summed E-state index contributed by atoms with van der Waals surface area (Å²) in [6.07, 6.45) is 1.47. The van der Waals surface area contributed by atoms with E-state index in [-0.39, 0.29) is 16.7 Å². The van der Waals surface area contributed by atoms with Crippen LogP contribution in [0.5, 0.6) is 0 Å². The average molecular weight is 489 g/mol. The molecule has 1 aromatic heterocycles. The van der Waals surface area contributed by atoms with Crippen LogP contribution in [0.4, 0.5) is 10.1 Å². The number of piperidine rings is 1. The van der Waals surface area contributed by atoms with Crippen LogP contribution in [0.25, 0.3) is 0 Å². The minimum Gasteiger partial charge on any atom is -0.320 e. The first-order valence-corrected chi connectivity index (χ1v) is 12.9. The molecule has 2 aromatic carbocycles. The number of nitrogens with zero attached hydrogens (tertiary/aromatic N) is 3. The maximum absolute atomic E-state index is 13.5. The van der Waals surface area contributed by atoms with Crippen molar-refractivity contribution < 1.29 is 17.6 Å². The van der Waals surface area contributed by atoms with Crippen molar-refractivity contribution in [1.82, 2.24) is 14.5 Å². The first kappa shape index (κ1) is 23.5. The van der Waals surface area contributed by atoms with E-state index in [1.807, 2.05) is 32.9 Å². The van der Waals surface area contributed by atoms with Gasteiger partial charge in [-0.15, -0.1) is 10.2 Å². The van der Waals surface area contributed by atoms with Crippen LogP contribution in [0.15, 0.2) is 41.3 Å². The first-order chi connectivity index (χ1) is 15.6. The summed E-state index contributed by atoms with van der Waals surface area (Å²) < 4.78 is 41.5. The molecule has 0 radical (unpaired) electrons. The fourth-order valence-electron chi connectivity index (χ4n) is 4.27. The number of carbonyl (C=O) groups is 1. The second-order valence-corrected chi connectivity index (χ2v) is 11.2.